The molecule has 2 N–H and O–H groups in total. The number of hydrazine groups is 1. The van der Waals surface area contributed by atoms with Crippen molar-refractivity contribution < 1.29 is 14.4 Å². The van der Waals surface area contributed by atoms with E-state index in [-0.39, 0.29) is 11.7 Å². The second-order valence-electron chi connectivity index (χ2n) is 5.58. The zero-order valence-electron chi connectivity index (χ0n) is 13.0. The van der Waals surface area contributed by atoms with Gasteiger partial charge in [-0.15, -0.1) is 0 Å². The van der Waals surface area contributed by atoms with Gasteiger partial charge in [0.05, 0.1) is 0 Å². The monoisotopic (exact) mass is 323 g/mol. The molecule has 0 unspecified atom stereocenters. The van der Waals surface area contributed by atoms with Crippen LogP contribution in [0.5, 0.6) is 0 Å². The van der Waals surface area contributed by atoms with Crippen molar-refractivity contribution in [2.45, 2.75) is 12.8 Å². The number of carbonyl (C=O) groups excluding carboxylic acids is 3. The molecule has 2 amide bonds. The van der Waals surface area contributed by atoms with Gasteiger partial charge in [0.2, 0.25) is 5.91 Å². The second-order valence-corrected chi connectivity index (χ2v) is 5.58. The predicted molar refractivity (Wildman–Crippen MR) is 89.8 cm³/mol. The fourth-order valence-corrected chi connectivity index (χ4v) is 2.65. The lowest BCUT2D eigenvalue weighted by Gasteiger charge is -2.17. The molecule has 122 valence electrons. The van der Waals surface area contributed by atoms with Crippen LogP contribution in [0.1, 0.15) is 23.2 Å². The molecule has 24 heavy (non-hydrogen) atoms. The molecule has 0 spiro atoms. The highest BCUT2D eigenvalue weighted by Crippen LogP contribution is 2.22. The molecule has 1 heterocycles. The Bertz CT molecular complexity index is 775. The van der Waals surface area contributed by atoms with Crippen molar-refractivity contribution in [3.63, 3.8) is 0 Å². The minimum Gasteiger partial charge on any atom is -0.312 e. The van der Waals surface area contributed by atoms with E-state index in [9.17, 15) is 14.4 Å². The van der Waals surface area contributed by atoms with Crippen LogP contribution < -0.4 is 10.7 Å². The van der Waals surface area contributed by atoms with Crippen LogP contribution in [0.25, 0.3) is 0 Å². The smallest absolute Gasteiger partial charge is 0.271 e. The SMILES string of the molecule is NN(/C=C1\C=CC=CC1=O)C(=O)c1ccc(N2CCCC2=O)cc1. The molecule has 1 aromatic carbocycles. The first-order valence-corrected chi connectivity index (χ1v) is 7.66. The summed E-state index contributed by atoms with van der Waals surface area (Å²) >= 11 is 0. The molecule has 2 aliphatic rings. The summed E-state index contributed by atoms with van der Waals surface area (Å²) in [4.78, 5) is 37.5. The van der Waals surface area contributed by atoms with E-state index in [4.69, 9.17) is 5.84 Å². The lowest BCUT2D eigenvalue weighted by Crippen LogP contribution is -2.33. The molecule has 0 radical (unpaired) electrons. The van der Waals surface area contributed by atoms with E-state index in [0.717, 1.165) is 17.1 Å². The summed E-state index contributed by atoms with van der Waals surface area (Å²) in [5, 5.41) is 0.896. The van der Waals surface area contributed by atoms with Crippen LogP contribution in [-0.4, -0.2) is 29.2 Å². The number of anilines is 1. The van der Waals surface area contributed by atoms with Gasteiger partial charge in [-0.1, -0.05) is 12.2 Å². The molecule has 1 saturated heterocycles. The molecule has 3 rings (SSSR count). The molecule has 0 bridgehead atoms. The average molecular weight is 323 g/mol. The Balaban J connectivity index is 1.74. The van der Waals surface area contributed by atoms with Crippen molar-refractivity contribution in [1.82, 2.24) is 5.01 Å². The molecule has 1 aliphatic carbocycles. The van der Waals surface area contributed by atoms with Crippen molar-refractivity contribution in [2.24, 2.45) is 5.84 Å². The topological polar surface area (TPSA) is 83.7 Å². The van der Waals surface area contributed by atoms with Crippen molar-refractivity contribution in [2.75, 3.05) is 11.4 Å². The molecule has 1 aromatic rings. The third-order valence-electron chi connectivity index (χ3n) is 3.93. The van der Waals surface area contributed by atoms with E-state index in [0.29, 0.717) is 24.1 Å². The number of hydrogen-bond donors (Lipinski definition) is 1. The normalized spacial score (nSPS) is 18.5. The quantitative estimate of drug-likeness (QED) is 0.397. The number of hydrogen-bond acceptors (Lipinski definition) is 4. The minimum atomic E-state index is -0.433. The van der Waals surface area contributed by atoms with E-state index >= 15 is 0 Å². The lowest BCUT2D eigenvalue weighted by molar-refractivity contribution is -0.117. The first-order valence-electron chi connectivity index (χ1n) is 7.66. The van der Waals surface area contributed by atoms with E-state index < -0.39 is 5.91 Å². The van der Waals surface area contributed by atoms with E-state index in [2.05, 4.69) is 0 Å². The van der Waals surface area contributed by atoms with Gasteiger partial charge in [0, 0.05) is 36.0 Å². The Hall–Kier alpha value is -2.99. The maximum atomic E-state index is 12.3. The molecular weight excluding hydrogens is 306 g/mol. The van der Waals surface area contributed by atoms with Crippen LogP contribution in [0, 0.1) is 0 Å². The number of amides is 2. The molecule has 6 heteroatoms. The van der Waals surface area contributed by atoms with Gasteiger partial charge in [-0.05, 0) is 42.8 Å². The van der Waals surface area contributed by atoms with Crippen LogP contribution in [0.15, 0.2) is 60.3 Å². The fraction of sp³-hybridized carbons (Fsp3) is 0.167. The van der Waals surface area contributed by atoms with Crippen molar-refractivity contribution >= 4 is 23.3 Å². The van der Waals surface area contributed by atoms with Crippen molar-refractivity contribution in [1.29, 1.82) is 0 Å². The summed E-state index contributed by atoms with van der Waals surface area (Å²) in [6.07, 6.45) is 9.04. The van der Waals surface area contributed by atoms with Gasteiger partial charge in [0.1, 0.15) is 0 Å². The maximum Gasteiger partial charge on any atom is 0.271 e. The number of benzene rings is 1. The Morgan fingerprint density at radius 3 is 2.46 bits per heavy atom. The summed E-state index contributed by atoms with van der Waals surface area (Å²) < 4.78 is 0. The van der Waals surface area contributed by atoms with Crippen molar-refractivity contribution in [3.8, 4) is 0 Å². The highest BCUT2D eigenvalue weighted by atomic mass is 16.2. The van der Waals surface area contributed by atoms with Gasteiger partial charge in [-0.2, -0.15) is 0 Å². The summed E-state index contributed by atoms with van der Waals surface area (Å²) in [6.45, 7) is 0.698. The number of allylic oxidation sites excluding steroid dienone is 5. The van der Waals surface area contributed by atoms with Gasteiger partial charge in [0.15, 0.2) is 5.78 Å². The second kappa shape index (κ2) is 6.64. The van der Waals surface area contributed by atoms with E-state index in [1.54, 1.807) is 47.4 Å². The number of nitrogens with two attached hydrogens (primary N) is 1. The maximum absolute atomic E-state index is 12.3. The van der Waals surface area contributed by atoms with Crippen LogP contribution >= 0.6 is 0 Å². The predicted octanol–water partition coefficient (Wildman–Crippen LogP) is 1.71. The highest BCUT2D eigenvalue weighted by Gasteiger charge is 2.22. The molecular formula is C18H17N3O3. The third-order valence-corrected chi connectivity index (χ3v) is 3.93. The molecule has 1 aliphatic heterocycles. The largest absolute Gasteiger partial charge is 0.312 e. The molecule has 1 fully saturated rings. The molecule has 0 saturated carbocycles. The number of nitrogens with zero attached hydrogens (tertiary/aromatic N) is 2. The van der Waals surface area contributed by atoms with E-state index in [1.165, 1.54) is 12.3 Å². The standard InChI is InChI=1S/C18H17N3O3/c19-21(12-14-4-1-2-5-16(14)22)18(24)13-7-9-15(10-8-13)20-11-3-6-17(20)23/h1-2,4-5,7-10,12H,3,6,11,19H2/b14-12+. The summed E-state index contributed by atoms with van der Waals surface area (Å²) in [5.74, 6) is 5.21. The highest BCUT2D eigenvalue weighted by molar-refractivity contribution is 6.08. The van der Waals surface area contributed by atoms with Crippen LogP contribution in [0.2, 0.25) is 0 Å². The summed E-state index contributed by atoms with van der Waals surface area (Å²) in [7, 11) is 0. The van der Waals surface area contributed by atoms with Gasteiger partial charge in [-0.3, -0.25) is 19.4 Å². The van der Waals surface area contributed by atoms with Crippen molar-refractivity contribution in [3.05, 3.63) is 65.9 Å². The van der Waals surface area contributed by atoms with Gasteiger partial charge in [-0.25, -0.2) is 5.84 Å². The third kappa shape index (κ3) is 3.18. The first kappa shape index (κ1) is 15.9. The molecule has 6 nitrogen and oxygen atoms in total. The number of rotatable bonds is 3. The Morgan fingerprint density at radius 2 is 1.83 bits per heavy atom. The summed E-state index contributed by atoms with van der Waals surface area (Å²) in [5.41, 5.74) is 1.49. The molecule has 0 aromatic heterocycles. The Morgan fingerprint density at radius 1 is 1.12 bits per heavy atom. The zero-order valence-corrected chi connectivity index (χ0v) is 13.0. The van der Waals surface area contributed by atoms with Crippen LogP contribution in [-0.2, 0) is 9.59 Å². The zero-order chi connectivity index (χ0) is 17.1. The molecule has 0 atom stereocenters. The minimum absolute atomic E-state index is 0.0925. The fourth-order valence-electron chi connectivity index (χ4n) is 2.65. The Labute approximate surface area is 139 Å². The number of carbonyl (C=O) groups is 3. The van der Waals surface area contributed by atoms with E-state index in [1.807, 2.05) is 0 Å². The van der Waals surface area contributed by atoms with Crippen LogP contribution in [0.3, 0.4) is 0 Å². The summed E-state index contributed by atoms with van der Waals surface area (Å²) in [6, 6.07) is 6.71. The average Bonchev–Trinajstić information content (AvgIpc) is 3.02. The lowest BCUT2D eigenvalue weighted by atomic mass is 10.1. The van der Waals surface area contributed by atoms with Gasteiger partial charge >= 0.3 is 0 Å². The van der Waals surface area contributed by atoms with Crippen LogP contribution in [0.4, 0.5) is 5.69 Å². The first-order chi connectivity index (χ1) is 11.6. The van der Waals surface area contributed by atoms with Gasteiger partial charge in [0.25, 0.3) is 5.91 Å². The van der Waals surface area contributed by atoms with Gasteiger partial charge < -0.3 is 4.90 Å². The number of ketones is 1. The Kier molecular flexibility index (Phi) is 4.39.